The maximum Gasteiger partial charge on any atom is 0.310 e. The average molecular weight is 330 g/mol. The van der Waals surface area contributed by atoms with Crippen LogP contribution >= 0.6 is 23.2 Å². The predicted octanol–water partition coefficient (Wildman–Crippen LogP) is 4.71. The minimum atomic E-state index is -0.568. The van der Waals surface area contributed by atoms with Gasteiger partial charge in [0, 0.05) is 22.5 Å². The standard InChI is InChI=1S/C14H10Cl2FNO3/c15-7-9-1-4-13(18(19)20)14(5-9)21-8-10-6-11(16)2-3-12(10)17/h1-6H,7-8H2. The van der Waals surface area contributed by atoms with Crippen LogP contribution in [-0.2, 0) is 12.5 Å². The molecule has 0 unspecified atom stereocenters. The Morgan fingerprint density at radius 3 is 2.67 bits per heavy atom. The van der Waals surface area contributed by atoms with E-state index in [0.29, 0.717) is 10.6 Å². The molecular formula is C14H10Cl2FNO3. The lowest BCUT2D eigenvalue weighted by Crippen LogP contribution is -2.01. The van der Waals surface area contributed by atoms with Crippen molar-refractivity contribution in [2.75, 3.05) is 0 Å². The number of alkyl halides is 1. The van der Waals surface area contributed by atoms with Gasteiger partial charge in [-0.1, -0.05) is 17.7 Å². The molecule has 0 aromatic heterocycles. The smallest absolute Gasteiger partial charge is 0.310 e. The van der Waals surface area contributed by atoms with E-state index in [4.69, 9.17) is 27.9 Å². The Morgan fingerprint density at radius 2 is 2.00 bits per heavy atom. The molecule has 0 fully saturated rings. The van der Waals surface area contributed by atoms with E-state index in [9.17, 15) is 14.5 Å². The summed E-state index contributed by atoms with van der Waals surface area (Å²) in [6.45, 7) is -0.168. The van der Waals surface area contributed by atoms with E-state index in [1.165, 1.54) is 36.4 Å². The fourth-order valence-corrected chi connectivity index (χ4v) is 2.08. The molecule has 0 aliphatic heterocycles. The highest BCUT2D eigenvalue weighted by Crippen LogP contribution is 2.29. The van der Waals surface area contributed by atoms with Crippen molar-refractivity contribution >= 4 is 28.9 Å². The van der Waals surface area contributed by atoms with Crippen molar-refractivity contribution in [3.05, 3.63) is 68.5 Å². The van der Waals surface area contributed by atoms with Crippen LogP contribution in [0.25, 0.3) is 0 Å². The molecule has 21 heavy (non-hydrogen) atoms. The second-order valence-electron chi connectivity index (χ2n) is 4.22. The first-order chi connectivity index (χ1) is 10.0. The Kier molecular flexibility index (Phi) is 4.98. The Balaban J connectivity index is 2.26. The van der Waals surface area contributed by atoms with Crippen LogP contribution < -0.4 is 4.74 Å². The molecule has 0 saturated carbocycles. The maximum absolute atomic E-state index is 13.6. The first-order valence-corrected chi connectivity index (χ1v) is 6.82. The fraction of sp³-hybridized carbons (Fsp3) is 0.143. The summed E-state index contributed by atoms with van der Waals surface area (Å²) in [5.74, 6) is -0.257. The molecule has 0 saturated heterocycles. The molecule has 2 aromatic rings. The van der Waals surface area contributed by atoms with E-state index >= 15 is 0 Å². The molecule has 110 valence electrons. The third-order valence-corrected chi connectivity index (χ3v) is 3.31. The van der Waals surface area contributed by atoms with Crippen LogP contribution in [0.15, 0.2) is 36.4 Å². The van der Waals surface area contributed by atoms with E-state index in [1.54, 1.807) is 0 Å². The minimum Gasteiger partial charge on any atom is -0.482 e. The molecule has 0 aliphatic rings. The summed E-state index contributed by atoms with van der Waals surface area (Å²) >= 11 is 11.5. The molecule has 7 heteroatoms. The molecule has 0 amide bonds. The zero-order valence-corrected chi connectivity index (χ0v) is 12.2. The number of nitro groups is 1. The average Bonchev–Trinajstić information content (AvgIpc) is 2.47. The first-order valence-electron chi connectivity index (χ1n) is 5.91. The van der Waals surface area contributed by atoms with Crippen LogP contribution in [0.5, 0.6) is 5.75 Å². The van der Waals surface area contributed by atoms with Crippen LogP contribution in [0.4, 0.5) is 10.1 Å². The number of ether oxygens (including phenoxy) is 1. The lowest BCUT2D eigenvalue weighted by atomic mass is 10.2. The number of nitro benzene ring substituents is 1. The Hall–Kier alpha value is -1.85. The third-order valence-electron chi connectivity index (χ3n) is 2.77. The number of rotatable bonds is 5. The van der Waals surface area contributed by atoms with Crippen molar-refractivity contribution in [1.82, 2.24) is 0 Å². The summed E-state index contributed by atoms with van der Waals surface area (Å²) in [5.41, 5.74) is 0.684. The number of benzene rings is 2. The number of hydrogen-bond donors (Lipinski definition) is 0. The summed E-state index contributed by atoms with van der Waals surface area (Å²) in [5, 5.41) is 11.3. The normalized spacial score (nSPS) is 10.4. The van der Waals surface area contributed by atoms with Gasteiger partial charge in [0.05, 0.1) is 4.92 Å². The molecule has 0 bridgehead atoms. The molecular weight excluding hydrogens is 320 g/mol. The van der Waals surface area contributed by atoms with E-state index in [0.717, 1.165) is 0 Å². The highest BCUT2D eigenvalue weighted by Gasteiger charge is 2.16. The molecule has 0 N–H and O–H groups in total. The molecule has 2 aromatic carbocycles. The van der Waals surface area contributed by atoms with Crippen LogP contribution in [-0.4, -0.2) is 4.92 Å². The van der Waals surface area contributed by atoms with Gasteiger partial charge in [-0.3, -0.25) is 10.1 Å². The van der Waals surface area contributed by atoms with Gasteiger partial charge in [-0.2, -0.15) is 0 Å². The van der Waals surface area contributed by atoms with Gasteiger partial charge in [-0.15, -0.1) is 11.6 Å². The minimum absolute atomic E-state index is 0.0394. The molecule has 4 nitrogen and oxygen atoms in total. The van der Waals surface area contributed by atoms with E-state index in [-0.39, 0.29) is 29.5 Å². The summed E-state index contributed by atoms with van der Waals surface area (Å²) in [7, 11) is 0. The van der Waals surface area contributed by atoms with Crippen molar-refractivity contribution in [2.45, 2.75) is 12.5 Å². The Labute approximate surface area is 130 Å². The van der Waals surface area contributed by atoms with Crippen molar-refractivity contribution in [3.63, 3.8) is 0 Å². The van der Waals surface area contributed by atoms with Gasteiger partial charge in [0.1, 0.15) is 12.4 Å². The third kappa shape index (κ3) is 3.83. The first kappa shape index (κ1) is 15.5. The van der Waals surface area contributed by atoms with Gasteiger partial charge in [0.25, 0.3) is 0 Å². The van der Waals surface area contributed by atoms with E-state index in [1.807, 2.05) is 0 Å². The summed E-state index contributed by atoms with van der Waals surface area (Å²) < 4.78 is 18.9. The van der Waals surface area contributed by atoms with Gasteiger partial charge in [-0.25, -0.2) is 4.39 Å². The molecule has 0 spiro atoms. The second kappa shape index (κ2) is 6.74. The SMILES string of the molecule is O=[N+]([O-])c1ccc(CCl)cc1OCc1cc(Cl)ccc1F. The Morgan fingerprint density at radius 1 is 1.24 bits per heavy atom. The monoisotopic (exact) mass is 329 g/mol. The zero-order chi connectivity index (χ0) is 15.4. The molecule has 0 radical (unpaired) electrons. The van der Waals surface area contributed by atoms with Crippen molar-refractivity contribution < 1.29 is 14.1 Å². The number of halogens is 3. The topological polar surface area (TPSA) is 52.4 Å². The molecule has 0 atom stereocenters. The van der Waals surface area contributed by atoms with Crippen LogP contribution in [0, 0.1) is 15.9 Å². The van der Waals surface area contributed by atoms with Gasteiger partial charge in [0.15, 0.2) is 5.75 Å². The van der Waals surface area contributed by atoms with Crippen molar-refractivity contribution in [2.24, 2.45) is 0 Å². The Bertz CT molecular complexity index is 679. The largest absolute Gasteiger partial charge is 0.482 e. The number of nitrogens with zero attached hydrogens (tertiary/aromatic N) is 1. The van der Waals surface area contributed by atoms with Crippen molar-refractivity contribution in [3.8, 4) is 5.75 Å². The molecule has 2 rings (SSSR count). The lowest BCUT2D eigenvalue weighted by Gasteiger charge is -2.09. The lowest BCUT2D eigenvalue weighted by molar-refractivity contribution is -0.386. The van der Waals surface area contributed by atoms with Crippen LogP contribution in [0.3, 0.4) is 0 Å². The number of hydrogen-bond acceptors (Lipinski definition) is 3. The summed E-state index contributed by atoms with van der Waals surface area (Å²) in [6.07, 6.45) is 0. The van der Waals surface area contributed by atoms with Crippen molar-refractivity contribution in [1.29, 1.82) is 0 Å². The van der Waals surface area contributed by atoms with Gasteiger partial charge < -0.3 is 4.74 Å². The van der Waals surface area contributed by atoms with Gasteiger partial charge >= 0.3 is 5.69 Å². The van der Waals surface area contributed by atoms with Gasteiger partial charge in [0.2, 0.25) is 0 Å². The molecule has 0 heterocycles. The van der Waals surface area contributed by atoms with Crippen LogP contribution in [0.1, 0.15) is 11.1 Å². The summed E-state index contributed by atoms with van der Waals surface area (Å²) in [4.78, 5) is 10.4. The van der Waals surface area contributed by atoms with E-state index < -0.39 is 10.7 Å². The fourth-order valence-electron chi connectivity index (χ4n) is 1.72. The zero-order valence-electron chi connectivity index (χ0n) is 10.7. The maximum atomic E-state index is 13.6. The summed E-state index contributed by atoms with van der Waals surface area (Å²) in [6, 6.07) is 8.35. The quantitative estimate of drug-likeness (QED) is 0.453. The van der Waals surface area contributed by atoms with Gasteiger partial charge in [-0.05, 0) is 29.8 Å². The highest BCUT2D eigenvalue weighted by atomic mass is 35.5. The van der Waals surface area contributed by atoms with E-state index in [2.05, 4.69) is 0 Å². The predicted molar refractivity (Wildman–Crippen MR) is 78.4 cm³/mol. The second-order valence-corrected chi connectivity index (χ2v) is 4.92. The molecule has 0 aliphatic carbocycles. The highest BCUT2D eigenvalue weighted by molar-refractivity contribution is 6.30. The van der Waals surface area contributed by atoms with Crippen LogP contribution in [0.2, 0.25) is 5.02 Å².